The standard InChI is InChI=1S/C25H32N6O/c1-17-10-11-20(14-18(17)2)29(3)25(32)19-8-7-12-30(15-19)23-22-24(27-16-26-23)31-13-6-4-5-9-21(31)28-22/h10-11,14,16,19H,4-9,12-13,15H2,1-3H3/t19-/m0/s1. The number of amides is 1. The van der Waals surface area contributed by atoms with Gasteiger partial charge in [-0.25, -0.2) is 15.0 Å². The maximum absolute atomic E-state index is 13.4. The Morgan fingerprint density at radius 2 is 1.94 bits per heavy atom. The lowest BCUT2D eigenvalue weighted by atomic mass is 9.96. The summed E-state index contributed by atoms with van der Waals surface area (Å²) in [6, 6.07) is 6.22. The van der Waals surface area contributed by atoms with Gasteiger partial charge < -0.3 is 14.4 Å². The van der Waals surface area contributed by atoms with Crippen LogP contribution in [0.1, 0.15) is 49.1 Å². The third-order valence-electron chi connectivity index (χ3n) is 7.15. The first-order chi connectivity index (χ1) is 15.5. The fourth-order valence-corrected chi connectivity index (χ4v) is 5.06. The van der Waals surface area contributed by atoms with Crippen LogP contribution in [0.3, 0.4) is 0 Å². The Labute approximate surface area is 189 Å². The van der Waals surface area contributed by atoms with E-state index in [1.165, 1.54) is 30.4 Å². The first kappa shape index (κ1) is 20.9. The van der Waals surface area contributed by atoms with Crippen LogP contribution < -0.4 is 9.80 Å². The van der Waals surface area contributed by atoms with Gasteiger partial charge in [0.25, 0.3) is 0 Å². The molecule has 1 atom stereocenters. The van der Waals surface area contributed by atoms with Crippen LogP contribution in [-0.2, 0) is 17.8 Å². The highest BCUT2D eigenvalue weighted by Gasteiger charge is 2.31. The van der Waals surface area contributed by atoms with Gasteiger partial charge in [-0.05, 0) is 62.8 Å². The molecule has 1 amide bonds. The van der Waals surface area contributed by atoms with Crippen LogP contribution in [0, 0.1) is 19.8 Å². The number of piperidine rings is 1. The quantitative estimate of drug-likeness (QED) is 0.625. The zero-order chi connectivity index (χ0) is 22.2. The fourth-order valence-electron chi connectivity index (χ4n) is 5.06. The molecule has 0 aliphatic carbocycles. The van der Waals surface area contributed by atoms with E-state index >= 15 is 0 Å². The largest absolute Gasteiger partial charge is 0.354 e. The van der Waals surface area contributed by atoms with Crippen molar-refractivity contribution in [2.45, 2.75) is 58.9 Å². The Morgan fingerprint density at radius 3 is 2.78 bits per heavy atom. The Balaban J connectivity index is 1.40. The van der Waals surface area contributed by atoms with E-state index in [0.717, 1.165) is 60.8 Å². The van der Waals surface area contributed by atoms with Gasteiger partial charge in [0.1, 0.15) is 12.2 Å². The van der Waals surface area contributed by atoms with Crippen LogP contribution in [0.25, 0.3) is 11.2 Å². The summed E-state index contributed by atoms with van der Waals surface area (Å²) in [6.07, 6.45) is 8.11. The lowest BCUT2D eigenvalue weighted by Crippen LogP contribution is -2.44. The maximum atomic E-state index is 13.4. The summed E-state index contributed by atoms with van der Waals surface area (Å²) in [6.45, 7) is 6.72. The third kappa shape index (κ3) is 3.74. The number of rotatable bonds is 3. The molecule has 2 aliphatic rings. The highest BCUT2D eigenvalue weighted by atomic mass is 16.2. The minimum Gasteiger partial charge on any atom is -0.354 e. The zero-order valence-corrected chi connectivity index (χ0v) is 19.3. The molecule has 0 spiro atoms. The molecule has 7 heteroatoms. The minimum atomic E-state index is -0.0548. The predicted molar refractivity (Wildman–Crippen MR) is 127 cm³/mol. The fraction of sp³-hybridized carbons (Fsp3) is 0.520. The van der Waals surface area contributed by atoms with Gasteiger partial charge in [0.05, 0.1) is 5.92 Å². The number of nitrogens with zero attached hydrogens (tertiary/aromatic N) is 6. The summed E-state index contributed by atoms with van der Waals surface area (Å²) in [4.78, 5) is 31.6. The molecule has 5 rings (SSSR count). The van der Waals surface area contributed by atoms with Gasteiger partial charge in [-0.3, -0.25) is 4.79 Å². The Morgan fingerprint density at radius 1 is 1.06 bits per heavy atom. The van der Waals surface area contributed by atoms with Crippen LogP contribution in [0.2, 0.25) is 0 Å². The Kier molecular flexibility index (Phi) is 5.57. The Hall–Kier alpha value is -2.96. The molecule has 1 fully saturated rings. The minimum absolute atomic E-state index is 0.0548. The molecule has 32 heavy (non-hydrogen) atoms. The summed E-state index contributed by atoms with van der Waals surface area (Å²) in [7, 11) is 1.89. The molecule has 2 aliphatic heterocycles. The molecule has 0 saturated carbocycles. The van der Waals surface area contributed by atoms with Gasteiger partial charge in [-0.15, -0.1) is 0 Å². The summed E-state index contributed by atoms with van der Waals surface area (Å²) in [5, 5.41) is 0. The average Bonchev–Trinajstić information content (AvgIpc) is 3.00. The van der Waals surface area contributed by atoms with E-state index in [1.54, 1.807) is 6.33 Å². The average molecular weight is 433 g/mol. The van der Waals surface area contributed by atoms with E-state index in [1.807, 2.05) is 18.0 Å². The first-order valence-electron chi connectivity index (χ1n) is 11.8. The van der Waals surface area contributed by atoms with E-state index in [9.17, 15) is 4.79 Å². The highest BCUT2D eigenvalue weighted by molar-refractivity contribution is 5.95. The van der Waals surface area contributed by atoms with Crippen molar-refractivity contribution < 1.29 is 4.79 Å². The van der Waals surface area contributed by atoms with Gasteiger partial charge in [0.2, 0.25) is 5.91 Å². The van der Waals surface area contributed by atoms with Crippen molar-refractivity contribution in [2.24, 2.45) is 5.92 Å². The van der Waals surface area contributed by atoms with Crippen molar-refractivity contribution >= 4 is 28.6 Å². The third-order valence-corrected chi connectivity index (χ3v) is 7.15. The molecule has 0 radical (unpaired) electrons. The number of benzene rings is 1. The summed E-state index contributed by atoms with van der Waals surface area (Å²) >= 11 is 0. The maximum Gasteiger partial charge on any atom is 0.231 e. The lowest BCUT2D eigenvalue weighted by molar-refractivity contribution is -0.122. The van der Waals surface area contributed by atoms with Gasteiger partial charge in [-0.2, -0.15) is 0 Å². The van der Waals surface area contributed by atoms with Gasteiger partial charge in [0, 0.05) is 38.8 Å². The van der Waals surface area contributed by atoms with Gasteiger partial charge in [0.15, 0.2) is 17.0 Å². The van der Waals surface area contributed by atoms with Gasteiger partial charge >= 0.3 is 0 Å². The molecular weight excluding hydrogens is 400 g/mol. The SMILES string of the molecule is Cc1ccc(N(C)C(=O)[C@H]2CCCN(c3ncnc4c3nc3n4CCCCC3)C2)cc1C. The molecular formula is C25H32N6O. The number of carbonyl (C=O) groups is 1. The second-order valence-electron chi connectivity index (χ2n) is 9.31. The zero-order valence-electron chi connectivity index (χ0n) is 19.3. The molecule has 2 aromatic heterocycles. The second kappa shape index (κ2) is 8.52. The molecule has 3 aromatic rings. The number of hydrogen-bond donors (Lipinski definition) is 0. The van der Waals surface area contributed by atoms with E-state index < -0.39 is 0 Å². The van der Waals surface area contributed by atoms with Crippen LogP contribution in [0.5, 0.6) is 0 Å². The number of imidazole rings is 1. The summed E-state index contributed by atoms with van der Waals surface area (Å²) < 4.78 is 2.27. The first-order valence-corrected chi connectivity index (χ1v) is 11.8. The monoisotopic (exact) mass is 432 g/mol. The van der Waals surface area contributed by atoms with Crippen LogP contribution in [-0.4, -0.2) is 45.6 Å². The number of anilines is 2. The summed E-state index contributed by atoms with van der Waals surface area (Å²) in [5.41, 5.74) is 5.23. The van der Waals surface area contributed by atoms with Crippen LogP contribution in [0.4, 0.5) is 11.5 Å². The predicted octanol–water partition coefficient (Wildman–Crippen LogP) is 4.05. The molecule has 168 valence electrons. The van der Waals surface area contributed by atoms with Crippen molar-refractivity contribution in [3.05, 3.63) is 41.5 Å². The number of hydrogen-bond acceptors (Lipinski definition) is 5. The van der Waals surface area contributed by atoms with E-state index in [0.29, 0.717) is 6.54 Å². The number of aromatic nitrogens is 4. The molecule has 0 unspecified atom stereocenters. The molecule has 7 nitrogen and oxygen atoms in total. The van der Waals surface area contributed by atoms with Crippen LogP contribution >= 0.6 is 0 Å². The molecule has 1 aromatic carbocycles. The van der Waals surface area contributed by atoms with E-state index in [2.05, 4.69) is 45.4 Å². The van der Waals surface area contributed by atoms with Crippen molar-refractivity contribution in [2.75, 3.05) is 29.9 Å². The normalized spacial score (nSPS) is 19.0. The highest BCUT2D eigenvalue weighted by Crippen LogP contribution is 2.30. The molecule has 4 heterocycles. The molecule has 1 saturated heterocycles. The molecule has 0 N–H and O–H groups in total. The van der Waals surface area contributed by atoms with E-state index in [-0.39, 0.29) is 11.8 Å². The molecule has 0 bridgehead atoms. The van der Waals surface area contributed by atoms with Crippen molar-refractivity contribution in [1.82, 2.24) is 19.5 Å². The Bertz CT molecular complexity index is 1150. The number of carbonyl (C=O) groups excluding carboxylic acids is 1. The van der Waals surface area contributed by atoms with Crippen molar-refractivity contribution in [3.63, 3.8) is 0 Å². The van der Waals surface area contributed by atoms with Gasteiger partial charge in [-0.1, -0.05) is 12.5 Å². The van der Waals surface area contributed by atoms with Crippen molar-refractivity contribution in [3.8, 4) is 0 Å². The number of fused-ring (bicyclic) bond motifs is 3. The van der Waals surface area contributed by atoms with Crippen LogP contribution in [0.15, 0.2) is 24.5 Å². The summed E-state index contributed by atoms with van der Waals surface area (Å²) in [5.74, 6) is 2.12. The topological polar surface area (TPSA) is 67.2 Å². The smallest absolute Gasteiger partial charge is 0.231 e. The second-order valence-corrected chi connectivity index (χ2v) is 9.31. The van der Waals surface area contributed by atoms with E-state index in [4.69, 9.17) is 4.98 Å². The number of aryl methyl sites for hydroxylation is 4. The lowest BCUT2D eigenvalue weighted by Gasteiger charge is -2.34. The van der Waals surface area contributed by atoms with Crippen molar-refractivity contribution in [1.29, 1.82) is 0 Å².